The van der Waals surface area contributed by atoms with Crippen LogP contribution in [0.1, 0.15) is 11.1 Å². The molecule has 0 unspecified atom stereocenters. The Balaban J connectivity index is 2.37. The standard InChI is InChI=1S/C15H16FNO/c1-11-9-13(8-7-12(11)10-18)17(2)15-6-4-3-5-14(15)16/h3-9,18H,10H2,1-2H3. The van der Waals surface area contributed by atoms with Gasteiger partial charge in [0.05, 0.1) is 12.3 Å². The summed E-state index contributed by atoms with van der Waals surface area (Å²) in [5.74, 6) is -0.246. The average molecular weight is 245 g/mol. The molecule has 0 bridgehead atoms. The van der Waals surface area contributed by atoms with Crippen LogP contribution in [0.5, 0.6) is 0 Å². The molecular weight excluding hydrogens is 229 g/mol. The SMILES string of the molecule is Cc1cc(N(C)c2ccccc2F)ccc1CO. The Bertz CT molecular complexity index is 554. The normalized spacial score (nSPS) is 10.4. The van der Waals surface area contributed by atoms with Crippen molar-refractivity contribution < 1.29 is 9.50 Å². The van der Waals surface area contributed by atoms with E-state index in [1.807, 2.05) is 38.2 Å². The molecular formula is C15H16FNO. The molecule has 18 heavy (non-hydrogen) atoms. The van der Waals surface area contributed by atoms with Gasteiger partial charge in [-0.3, -0.25) is 0 Å². The predicted molar refractivity (Wildman–Crippen MR) is 71.6 cm³/mol. The number of rotatable bonds is 3. The summed E-state index contributed by atoms with van der Waals surface area (Å²) in [6.07, 6.45) is 0. The summed E-state index contributed by atoms with van der Waals surface area (Å²) in [4.78, 5) is 1.80. The Morgan fingerprint density at radius 3 is 2.50 bits per heavy atom. The summed E-state index contributed by atoms with van der Waals surface area (Å²) in [6.45, 7) is 1.96. The third-order valence-electron chi connectivity index (χ3n) is 3.10. The van der Waals surface area contributed by atoms with E-state index in [0.717, 1.165) is 16.8 Å². The lowest BCUT2D eigenvalue weighted by molar-refractivity contribution is 0.281. The highest BCUT2D eigenvalue weighted by Crippen LogP contribution is 2.27. The zero-order valence-electron chi connectivity index (χ0n) is 10.5. The lowest BCUT2D eigenvalue weighted by atomic mass is 10.1. The van der Waals surface area contributed by atoms with Crippen molar-refractivity contribution in [2.75, 3.05) is 11.9 Å². The number of hydrogen-bond donors (Lipinski definition) is 1. The zero-order chi connectivity index (χ0) is 13.1. The smallest absolute Gasteiger partial charge is 0.146 e. The molecule has 0 aliphatic rings. The van der Waals surface area contributed by atoms with Crippen molar-refractivity contribution in [2.45, 2.75) is 13.5 Å². The topological polar surface area (TPSA) is 23.5 Å². The van der Waals surface area contributed by atoms with E-state index in [-0.39, 0.29) is 12.4 Å². The van der Waals surface area contributed by atoms with Gasteiger partial charge in [-0.25, -0.2) is 4.39 Å². The van der Waals surface area contributed by atoms with E-state index in [9.17, 15) is 4.39 Å². The first-order chi connectivity index (χ1) is 8.63. The minimum absolute atomic E-state index is 0.0233. The molecule has 0 radical (unpaired) electrons. The molecule has 0 saturated carbocycles. The molecule has 3 heteroatoms. The van der Waals surface area contributed by atoms with Crippen LogP contribution in [0.25, 0.3) is 0 Å². The zero-order valence-corrected chi connectivity index (χ0v) is 10.5. The maximum absolute atomic E-state index is 13.7. The number of halogens is 1. The molecule has 0 atom stereocenters. The van der Waals surface area contributed by atoms with Gasteiger partial charge in [0.1, 0.15) is 5.82 Å². The van der Waals surface area contributed by atoms with Gasteiger partial charge in [0.25, 0.3) is 0 Å². The number of nitrogens with zero attached hydrogens (tertiary/aromatic N) is 1. The van der Waals surface area contributed by atoms with E-state index in [0.29, 0.717) is 5.69 Å². The second-order valence-corrected chi connectivity index (χ2v) is 4.28. The van der Waals surface area contributed by atoms with Crippen LogP contribution in [0.15, 0.2) is 42.5 Å². The van der Waals surface area contributed by atoms with Crippen LogP contribution in [-0.2, 0) is 6.61 Å². The predicted octanol–water partition coefficient (Wildman–Crippen LogP) is 3.39. The fourth-order valence-corrected chi connectivity index (χ4v) is 1.93. The van der Waals surface area contributed by atoms with Gasteiger partial charge in [-0.15, -0.1) is 0 Å². The van der Waals surface area contributed by atoms with Crippen LogP contribution in [-0.4, -0.2) is 12.2 Å². The van der Waals surface area contributed by atoms with Gasteiger partial charge in [-0.05, 0) is 42.3 Å². The Hall–Kier alpha value is -1.87. The van der Waals surface area contributed by atoms with Crippen LogP contribution in [0.3, 0.4) is 0 Å². The summed E-state index contributed by atoms with van der Waals surface area (Å²) in [6, 6.07) is 12.4. The lowest BCUT2D eigenvalue weighted by Gasteiger charge is -2.21. The third-order valence-corrected chi connectivity index (χ3v) is 3.10. The molecule has 0 fully saturated rings. The van der Waals surface area contributed by atoms with E-state index in [4.69, 9.17) is 5.11 Å². The van der Waals surface area contributed by atoms with Gasteiger partial charge in [-0.1, -0.05) is 18.2 Å². The average Bonchev–Trinajstić information content (AvgIpc) is 2.38. The molecule has 0 spiro atoms. The number of anilines is 2. The molecule has 2 aromatic rings. The number of para-hydroxylation sites is 1. The van der Waals surface area contributed by atoms with E-state index in [2.05, 4.69) is 0 Å². The van der Waals surface area contributed by atoms with Gasteiger partial charge in [-0.2, -0.15) is 0 Å². The summed E-state index contributed by atoms with van der Waals surface area (Å²) in [7, 11) is 1.83. The molecule has 0 heterocycles. The maximum atomic E-state index is 13.7. The second-order valence-electron chi connectivity index (χ2n) is 4.28. The van der Waals surface area contributed by atoms with Crippen molar-refractivity contribution in [3.8, 4) is 0 Å². The van der Waals surface area contributed by atoms with Crippen molar-refractivity contribution in [2.24, 2.45) is 0 Å². The molecule has 2 rings (SSSR count). The summed E-state index contributed by atoms with van der Waals surface area (Å²) in [5, 5.41) is 9.14. The Kier molecular flexibility index (Phi) is 3.63. The molecule has 0 aromatic heterocycles. The third kappa shape index (κ3) is 2.36. The molecule has 2 nitrogen and oxygen atoms in total. The maximum Gasteiger partial charge on any atom is 0.146 e. The van der Waals surface area contributed by atoms with Gasteiger partial charge < -0.3 is 10.0 Å². The first-order valence-corrected chi connectivity index (χ1v) is 5.82. The van der Waals surface area contributed by atoms with Gasteiger partial charge in [0.2, 0.25) is 0 Å². The number of hydrogen-bond acceptors (Lipinski definition) is 2. The quantitative estimate of drug-likeness (QED) is 0.896. The van der Waals surface area contributed by atoms with Crippen LogP contribution >= 0.6 is 0 Å². The van der Waals surface area contributed by atoms with Crippen molar-refractivity contribution in [1.29, 1.82) is 0 Å². The fourth-order valence-electron chi connectivity index (χ4n) is 1.93. The monoisotopic (exact) mass is 245 g/mol. The van der Waals surface area contributed by atoms with Crippen molar-refractivity contribution in [3.63, 3.8) is 0 Å². The molecule has 94 valence electrons. The first-order valence-electron chi connectivity index (χ1n) is 5.82. The highest BCUT2D eigenvalue weighted by atomic mass is 19.1. The lowest BCUT2D eigenvalue weighted by Crippen LogP contribution is -2.11. The number of aryl methyl sites for hydroxylation is 1. The summed E-state index contributed by atoms with van der Waals surface area (Å²) >= 11 is 0. The second kappa shape index (κ2) is 5.19. The van der Waals surface area contributed by atoms with E-state index < -0.39 is 0 Å². The molecule has 0 aliphatic carbocycles. The first kappa shape index (κ1) is 12.6. The van der Waals surface area contributed by atoms with Crippen LogP contribution < -0.4 is 4.90 Å². The fraction of sp³-hybridized carbons (Fsp3) is 0.200. The van der Waals surface area contributed by atoms with Gasteiger partial charge in [0, 0.05) is 12.7 Å². The van der Waals surface area contributed by atoms with Crippen molar-refractivity contribution in [1.82, 2.24) is 0 Å². The van der Waals surface area contributed by atoms with E-state index in [1.165, 1.54) is 6.07 Å². The Morgan fingerprint density at radius 2 is 1.89 bits per heavy atom. The largest absolute Gasteiger partial charge is 0.392 e. The summed E-state index contributed by atoms with van der Waals surface area (Å²) < 4.78 is 13.7. The van der Waals surface area contributed by atoms with Crippen LogP contribution in [0, 0.1) is 12.7 Å². The molecule has 0 amide bonds. The van der Waals surface area contributed by atoms with E-state index >= 15 is 0 Å². The van der Waals surface area contributed by atoms with Crippen LogP contribution in [0.4, 0.5) is 15.8 Å². The molecule has 2 aromatic carbocycles. The van der Waals surface area contributed by atoms with E-state index in [1.54, 1.807) is 17.0 Å². The number of benzene rings is 2. The van der Waals surface area contributed by atoms with Crippen LogP contribution in [0.2, 0.25) is 0 Å². The molecule has 0 aliphatic heterocycles. The Morgan fingerprint density at radius 1 is 1.17 bits per heavy atom. The van der Waals surface area contributed by atoms with Crippen molar-refractivity contribution in [3.05, 3.63) is 59.4 Å². The minimum Gasteiger partial charge on any atom is -0.392 e. The minimum atomic E-state index is -0.246. The Labute approximate surface area is 106 Å². The van der Waals surface area contributed by atoms with Gasteiger partial charge >= 0.3 is 0 Å². The highest BCUT2D eigenvalue weighted by Gasteiger charge is 2.09. The number of aliphatic hydroxyl groups is 1. The summed E-state index contributed by atoms with van der Waals surface area (Å²) in [5.41, 5.74) is 3.32. The highest BCUT2D eigenvalue weighted by molar-refractivity contribution is 5.64. The van der Waals surface area contributed by atoms with Gasteiger partial charge in [0.15, 0.2) is 0 Å². The van der Waals surface area contributed by atoms with Crippen molar-refractivity contribution >= 4 is 11.4 Å². The number of aliphatic hydroxyl groups excluding tert-OH is 1. The molecule has 0 saturated heterocycles. The molecule has 1 N–H and O–H groups in total.